The Bertz CT molecular complexity index is 443. The molecule has 2 fully saturated rings. The van der Waals surface area contributed by atoms with Gasteiger partial charge in [0.15, 0.2) is 0 Å². The van der Waals surface area contributed by atoms with E-state index in [1.54, 1.807) is 0 Å². The van der Waals surface area contributed by atoms with E-state index >= 15 is 0 Å². The van der Waals surface area contributed by atoms with Gasteiger partial charge >= 0.3 is 0 Å². The highest BCUT2D eigenvalue weighted by Gasteiger charge is 2.27. The minimum atomic E-state index is 0.570. The predicted molar refractivity (Wildman–Crippen MR) is 80.2 cm³/mol. The molecular weight excluding hydrogens is 252 g/mol. The van der Waals surface area contributed by atoms with Crippen molar-refractivity contribution in [2.24, 2.45) is 5.92 Å². The normalized spacial score (nSPS) is 18.1. The molecule has 5 nitrogen and oxygen atoms in total. The van der Waals surface area contributed by atoms with E-state index in [-0.39, 0.29) is 0 Å². The van der Waals surface area contributed by atoms with Crippen molar-refractivity contribution in [3.05, 3.63) is 11.9 Å². The number of hydrogen-bond donors (Lipinski definition) is 2. The highest BCUT2D eigenvalue weighted by molar-refractivity contribution is 5.48. The predicted octanol–water partition coefficient (Wildman–Crippen LogP) is 2.62. The van der Waals surface area contributed by atoms with Crippen LogP contribution in [0.1, 0.15) is 44.3 Å². The zero-order valence-corrected chi connectivity index (χ0v) is 12.2. The van der Waals surface area contributed by atoms with Gasteiger partial charge in [0.05, 0.1) is 6.61 Å². The zero-order valence-electron chi connectivity index (χ0n) is 12.2. The molecule has 0 amide bonds. The topological polar surface area (TPSA) is 59.1 Å². The summed E-state index contributed by atoms with van der Waals surface area (Å²) in [6.45, 7) is 5.43. The molecule has 0 aromatic carbocycles. The van der Waals surface area contributed by atoms with Crippen molar-refractivity contribution in [2.75, 3.05) is 36.9 Å². The summed E-state index contributed by atoms with van der Waals surface area (Å²) >= 11 is 0. The summed E-state index contributed by atoms with van der Waals surface area (Å²) in [5, 5.41) is 6.62. The monoisotopic (exact) mass is 276 g/mol. The Balaban J connectivity index is 1.50. The van der Waals surface area contributed by atoms with E-state index in [9.17, 15) is 0 Å². The van der Waals surface area contributed by atoms with E-state index in [1.165, 1.54) is 25.7 Å². The van der Waals surface area contributed by atoms with Gasteiger partial charge in [0.25, 0.3) is 0 Å². The molecule has 110 valence electrons. The van der Waals surface area contributed by atoms with Crippen molar-refractivity contribution < 1.29 is 4.74 Å². The van der Waals surface area contributed by atoms with Gasteiger partial charge in [-0.1, -0.05) is 0 Å². The minimum Gasteiger partial charge on any atom is -0.379 e. The second-order valence-corrected chi connectivity index (χ2v) is 5.75. The Kier molecular flexibility index (Phi) is 4.35. The summed E-state index contributed by atoms with van der Waals surface area (Å²) < 4.78 is 5.63. The molecular formula is C15H24N4O. The fourth-order valence-electron chi connectivity index (χ4n) is 2.14. The lowest BCUT2D eigenvalue weighted by atomic mass is 10.3. The first kappa shape index (κ1) is 13.6. The van der Waals surface area contributed by atoms with Crippen molar-refractivity contribution in [2.45, 2.75) is 38.5 Å². The lowest BCUT2D eigenvalue weighted by molar-refractivity contribution is 0.134. The van der Waals surface area contributed by atoms with Crippen LogP contribution in [0.5, 0.6) is 0 Å². The maximum Gasteiger partial charge on any atom is 0.136 e. The summed E-state index contributed by atoms with van der Waals surface area (Å²) in [7, 11) is 0. The van der Waals surface area contributed by atoms with Crippen LogP contribution in [0.25, 0.3) is 0 Å². The number of nitrogens with zero attached hydrogens (tertiary/aromatic N) is 2. The molecule has 2 saturated carbocycles. The Labute approximate surface area is 120 Å². The highest BCUT2D eigenvalue weighted by Crippen LogP contribution is 2.38. The van der Waals surface area contributed by atoms with Gasteiger partial charge in [0.2, 0.25) is 0 Å². The first-order valence-electron chi connectivity index (χ1n) is 7.79. The van der Waals surface area contributed by atoms with Gasteiger partial charge in [0, 0.05) is 31.7 Å². The molecule has 0 bridgehead atoms. The highest BCUT2D eigenvalue weighted by atomic mass is 16.5. The fourth-order valence-corrected chi connectivity index (χ4v) is 2.14. The van der Waals surface area contributed by atoms with E-state index in [4.69, 9.17) is 4.74 Å². The molecule has 2 N–H and O–H groups in total. The molecule has 5 heteroatoms. The summed E-state index contributed by atoms with van der Waals surface area (Å²) in [6, 6.07) is 1.98. The molecule has 1 heterocycles. The van der Waals surface area contributed by atoms with Crippen LogP contribution >= 0.6 is 0 Å². The molecule has 0 unspecified atom stereocenters. The van der Waals surface area contributed by atoms with E-state index in [2.05, 4.69) is 27.5 Å². The number of hydrogen-bond acceptors (Lipinski definition) is 5. The summed E-state index contributed by atoms with van der Waals surface area (Å²) in [5.41, 5.74) is 0. The largest absolute Gasteiger partial charge is 0.379 e. The number of aromatic nitrogens is 2. The van der Waals surface area contributed by atoms with Crippen LogP contribution in [0.2, 0.25) is 0 Å². The van der Waals surface area contributed by atoms with Crippen molar-refractivity contribution >= 4 is 11.6 Å². The van der Waals surface area contributed by atoms with E-state index in [0.717, 1.165) is 49.7 Å². The maximum atomic E-state index is 5.63. The van der Waals surface area contributed by atoms with Crippen LogP contribution in [0, 0.1) is 5.92 Å². The molecule has 0 aliphatic heterocycles. The zero-order chi connectivity index (χ0) is 13.8. The van der Waals surface area contributed by atoms with Crippen molar-refractivity contribution in [1.29, 1.82) is 0 Å². The number of rotatable bonds is 9. The molecule has 1 aromatic heterocycles. The summed E-state index contributed by atoms with van der Waals surface area (Å²) in [4.78, 5) is 9.17. The molecule has 2 aliphatic rings. The molecule has 2 aliphatic carbocycles. The van der Waals surface area contributed by atoms with Gasteiger partial charge in [-0.15, -0.1) is 0 Å². The lowest BCUT2D eigenvalue weighted by Crippen LogP contribution is -2.13. The molecule has 20 heavy (non-hydrogen) atoms. The minimum absolute atomic E-state index is 0.570. The Hall–Kier alpha value is -1.36. The third-order valence-electron chi connectivity index (χ3n) is 3.65. The van der Waals surface area contributed by atoms with Crippen LogP contribution in [0.15, 0.2) is 6.07 Å². The van der Waals surface area contributed by atoms with Gasteiger partial charge in [-0.3, -0.25) is 0 Å². The maximum absolute atomic E-state index is 5.63. The van der Waals surface area contributed by atoms with E-state index in [0.29, 0.717) is 5.92 Å². The van der Waals surface area contributed by atoms with Gasteiger partial charge in [-0.05, 0) is 38.5 Å². The smallest absolute Gasteiger partial charge is 0.136 e. The molecule has 0 saturated heterocycles. The van der Waals surface area contributed by atoms with Crippen molar-refractivity contribution in [1.82, 2.24) is 9.97 Å². The Morgan fingerprint density at radius 3 is 2.55 bits per heavy atom. The van der Waals surface area contributed by atoms with Crippen LogP contribution in [-0.4, -0.2) is 36.3 Å². The number of anilines is 2. The van der Waals surface area contributed by atoms with Crippen LogP contribution in [0.4, 0.5) is 11.6 Å². The Morgan fingerprint density at radius 2 is 1.90 bits per heavy atom. The van der Waals surface area contributed by atoms with Gasteiger partial charge in [0.1, 0.15) is 17.5 Å². The first-order valence-corrected chi connectivity index (χ1v) is 7.79. The Morgan fingerprint density at radius 1 is 1.15 bits per heavy atom. The average molecular weight is 276 g/mol. The van der Waals surface area contributed by atoms with Gasteiger partial charge in [-0.2, -0.15) is 0 Å². The van der Waals surface area contributed by atoms with Crippen molar-refractivity contribution in [3.8, 4) is 0 Å². The molecule has 0 atom stereocenters. The SMILES string of the molecule is CCNc1cc(NCCOCC2CC2)nc(C2CC2)n1. The quantitative estimate of drug-likeness (QED) is 0.679. The van der Waals surface area contributed by atoms with E-state index < -0.39 is 0 Å². The van der Waals surface area contributed by atoms with Gasteiger partial charge in [-0.25, -0.2) is 9.97 Å². The summed E-state index contributed by atoms with van der Waals surface area (Å²) in [5.74, 6) is 4.21. The number of ether oxygens (including phenoxy) is 1. The number of nitrogens with one attached hydrogen (secondary N) is 2. The molecule has 3 rings (SSSR count). The second kappa shape index (κ2) is 6.39. The van der Waals surface area contributed by atoms with Gasteiger partial charge < -0.3 is 15.4 Å². The van der Waals surface area contributed by atoms with Crippen molar-refractivity contribution in [3.63, 3.8) is 0 Å². The fraction of sp³-hybridized carbons (Fsp3) is 0.733. The van der Waals surface area contributed by atoms with Crippen LogP contribution < -0.4 is 10.6 Å². The molecule has 0 spiro atoms. The molecule has 1 aromatic rings. The second-order valence-electron chi connectivity index (χ2n) is 5.75. The average Bonchev–Trinajstić information content (AvgIpc) is 3.31. The standard InChI is InChI=1S/C15H24N4O/c1-2-16-13-9-14(19-15(18-13)12-5-6-12)17-7-8-20-10-11-3-4-11/h9,11-12H,2-8,10H2,1H3,(H2,16,17,18,19). The third kappa shape index (κ3) is 4.07. The first-order chi connectivity index (χ1) is 9.85. The van der Waals surface area contributed by atoms with Crippen LogP contribution in [-0.2, 0) is 4.74 Å². The van der Waals surface area contributed by atoms with Crippen LogP contribution in [0.3, 0.4) is 0 Å². The molecule has 0 radical (unpaired) electrons. The third-order valence-corrected chi connectivity index (χ3v) is 3.65. The lowest BCUT2D eigenvalue weighted by Gasteiger charge is -2.10. The van der Waals surface area contributed by atoms with E-state index in [1.807, 2.05) is 6.07 Å². The summed E-state index contributed by atoms with van der Waals surface area (Å²) in [6.07, 6.45) is 5.13.